The van der Waals surface area contributed by atoms with Gasteiger partial charge in [-0.05, 0) is 42.7 Å². The standard InChI is InChI=1S/C28H23ClN4O4/c29-21-14-17(11-12-24(21)37-16-19-7-2-1-6-18(19)15-30)25-23-10-5-13-32(23)28(26(25)33(35)36)20-8-3-4-9-22(20)31-27(28)34/h1-4,6-9,11-12,14,23,25-26H,5,10,13,16H2,(H,31,34)/t23-,25+,26-,28+/m0/s1. The second-order valence-electron chi connectivity index (χ2n) is 9.67. The lowest BCUT2D eigenvalue weighted by atomic mass is 9.77. The fourth-order valence-electron chi connectivity index (χ4n) is 6.53. The number of hydrogen-bond donors (Lipinski definition) is 1. The zero-order valence-corrected chi connectivity index (χ0v) is 20.5. The van der Waals surface area contributed by atoms with Gasteiger partial charge in [0.1, 0.15) is 12.4 Å². The molecule has 2 fully saturated rings. The number of carbonyl (C=O) groups is 1. The van der Waals surface area contributed by atoms with Crippen molar-refractivity contribution in [3.8, 4) is 11.8 Å². The first-order valence-electron chi connectivity index (χ1n) is 12.2. The Labute approximate surface area is 218 Å². The molecule has 3 aliphatic heterocycles. The lowest BCUT2D eigenvalue weighted by Gasteiger charge is -2.32. The molecule has 1 amide bonds. The Morgan fingerprint density at radius 2 is 1.97 bits per heavy atom. The van der Waals surface area contributed by atoms with Gasteiger partial charge in [0.25, 0.3) is 11.9 Å². The number of hydrogen-bond acceptors (Lipinski definition) is 6. The number of nitrogens with zero attached hydrogens (tertiary/aromatic N) is 3. The molecule has 0 radical (unpaired) electrons. The van der Waals surface area contributed by atoms with Crippen LogP contribution in [0.5, 0.6) is 5.75 Å². The zero-order chi connectivity index (χ0) is 25.7. The van der Waals surface area contributed by atoms with Crippen molar-refractivity contribution in [3.63, 3.8) is 0 Å². The van der Waals surface area contributed by atoms with E-state index in [9.17, 15) is 20.2 Å². The number of halogens is 1. The fourth-order valence-corrected chi connectivity index (χ4v) is 6.77. The topological polar surface area (TPSA) is 108 Å². The third kappa shape index (κ3) is 3.42. The van der Waals surface area contributed by atoms with Crippen molar-refractivity contribution in [2.75, 3.05) is 11.9 Å². The van der Waals surface area contributed by atoms with Crippen LogP contribution in [0.3, 0.4) is 0 Å². The molecule has 3 aromatic carbocycles. The van der Waals surface area contributed by atoms with Crippen molar-refractivity contribution < 1.29 is 14.5 Å². The second kappa shape index (κ2) is 8.87. The predicted octanol–water partition coefficient (Wildman–Crippen LogP) is 4.85. The Morgan fingerprint density at radius 3 is 2.76 bits per heavy atom. The number of amides is 1. The monoisotopic (exact) mass is 514 g/mol. The summed E-state index contributed by atoms with van der Waals surface area (Å²) in [4.78, 5) is 28.0. The minimum atomic E-state index is -1.37. The molecule has 6 rings (SSSR count). The molecule has 0 saturated carbocycles. The van der Waals surface area contributed by atoms with Crippen LogP contribution in [0.4, 0.5) is 5.69 Å². The Kier molecular flexibility index (Phi) is 5.63. The van der Waals surface area contributed by atoms with Gasteiger partial charge in [-0.3, -0.25) is 19.8 Å². The first kappa shape index (κ1) is 23.5. The lowest BCUT2D eigenvalue weighted by molar-refractivity contribution is -0.534. The Balaban J connectivity index is 1.37. The summed E-state index contributed by atoms with van der Waals surface area (Å²) in [5.41, 5.74) is 1.90. The number of para-hydroxylation sites is 1. The highest BCUT2D eigenvalue weighted by atomic mass is 35.5. The molecule has 37 heavy (non-hydrogen) atoms. The molecular formula is C28H23ClN4O4. The van der Waals surface area contributed by atoms with Gasteiger partial charge >= 0.3 is 0 Å². The molecule has 2 saturated heterocycles. The van der Waals surface area contributed by atoms with Gasteiger partial charge in [-0.1, -0.05) is 54.1 Å². The molecule has 4 atom stereocenters. The van der Waals surface area contributed by atoms with Crippen molar-refractivity contribution in [1.29, 1.82) is 5.26 Å². The van der Waals surface area contributed by atoms with E-state index in [1.165, 1.54) is 0 Å². The highest BCUT2D eigenvalue weighted by molar-refractivity contribution is 6.32. The number of benzene rings is 3. The first-order valence-corrected chi connectivity index (χ1v) is 12.6. The summed E-state index contributed by atoms with van der Waals surface area (Å²) < 4.78 is 5.91. The Morgan fingerprint density at radius 1 is 1.19 bits per heavy atom. The first-order chi connectivity index (χ1) is 18.0. The van der Waals surface area contributed by atoms with E-state index in [1.807, 2.05) is 41.3 Å². The van der Waals surface area contributed by atoms with Crippen LogP contribution in [0.2, 0.25) is 5.02 Å². The SMILES string of the molecule is N#Cc1ccccc1COc1ccc([C@H]2[C@H]([N+](=O)[O-])[C@]3(C(=O)Nc4ccccc43)N3CCC[C@@H]23)cc1Cl. The molecular weight excluding hydrogens is 492 g/mol. The van der Waals surface area contributed by atoms with E-state index >= 15 is 0 Å². The third-order valence-corrected chi connectivity index (χ3v) is 8.25. The van der Waals surface area contributed by atoms with E-state index in [-0.39, 0.29) is 23.5 Å². The molecule has 186 valence electrons. The van der Waals surface area contributed by atoms with Crippen LogP contribution in [-0.2, 0) is 16.9 Å². The average molecular weight is 515 g/mol. The largest absolute Gasteiger partial charge is 0.487 e. The number of carbonyl (C=O) groups excluding carboxylic acids is 1. The van der Waals surface area contributed by atoms with Gasteiger partial charge in [0.2, 0.25) is 0 Å². The summed E-state index contributed by atoms with van der Waals surface area (Å²) >= 11 is 6.63. The molecule has 0 unspecified atom stereocenters. The summed E-state index contributed by atoms with van der Waals surface area (Å²) in [6, 6.07) is 20.5. The van der Waals surface area contributed by atoms with Gasteiger partial charge in [-0.15, -0.1) is 0 Å². The van der Waals surface area contributed by atoms with Crippen LogP contribution < -0.4 is 10.1 Å². The minimum Gasteiger partial charge on any atom is -0.487 e. The summed E-state index contributed by atoms with van der Waals surface area (Å²) in [7, 11) is 0. The number of nitriles is 1. The quantitative estimate of drug-likeness (QED) is 0.385. The van der Waals surface area contributed by atoms with Gasteiger partial charge < -0.3 is 10.1 Å². The number of nitro groups is 1. The summed E-state index contributed by atoms with van der Waals surface area (Å²) in [6.07, 6.45) is 1.61. The van der Waals surface area contributed by atoms with E-state index in [0.29, 0.717) is 39.7 Å². The lowest BCUT2D eigenvalue weighted by Crippen LogP contribution is -2.55. The number of anilines is 1. The predicted molar refractivity (Wildman–Crippen MR) is 137 cm³/mol. The maximum Gasteiger partial charge on any atom is 0.256 e. The summed E-state index contributed by atoms with van der Waals surface area (Å²) in [5, 5.41) is 25.3. The van der Waals surface area contributed by atoms with Gasteiger partial charge in [-0.25, -0.2) is 0 Å². The molecule has 3 aliphatic rings. The molecule has 1 N–H and O–H groups in total. The van der Waals surface area contributed by atoms with Crippen molar-refractivity contribution in [1.82, 2.24) is 4.90 Å². The van der Waals surface area contributed by atoms with Gasteiger partial charge in [0.05, 0.1) is 22.6 Å². The summed E-state index contributed by atoms with van der Waals surface area (Å²) in [5.74, 6) is -0.442. The van der Waals surface area contributed by atoms with Crippen LogP contribution in [0.15, 0.2) is 66.7 Å². The Bertz CT molecular complexity index is 1470. The van der Waals surface area contributed by atoms with E-state index in [0.717, 1.165) is 18.4 Å². The van der Waals surface area contributed by atoms with E-state index < -0.39 is 17.5 Å². The van der Waals surface area contributed by atoms with E-state index in [1.54, 1.807) is 30.3 Å². The molecule has 0 bridgehead atoms. The van der Waals surface area contributed by atoms with Gasteiger partial charge in [0.15, 0.2) is 5.54 Å². The highest BCUT2D eigenvalue weighted by Gasteiger charge is 2.73. The average Bonchev–Trinajstić information content (AvgIpc) is 3.56. The Hall–Kier alpha value is -3.93. The highest BCUT2D eigenvalue weighted by Crippen LogP contribution is 2.58. The summed E-state index contributed by atoms with van der Waals surface area (Å²) in [6.45, 7) is 0.778. The number of fused-ring (bicyclic) bond motifs is 4. The van der Waals surface area contributed by atoms with Crippen molar-refractivity contribution in [2.45, 2.75) is 43.0 Å². The third-order valence-electron chi connectivity index (χ3n) is 7.96. The normalized spacial score (nSPS) is 25.9. The number of nitrogens with one attached hydrogen (secondary N) is 1. The van der Waals surface area contributed by atoms with Crippen LogP contribution in [0.1, 0.15) is 41.0 Å². The minimum absolute atomic E-state index is 0.167. The van der Waals surface area contributed by atoms with Crippen molar-refractivity contribution in [2.24, 2.45) is 0 Å². The molecule has 3 heterocycles. The fraction of sp³-hybridized carbons (Fsp3) is 0.286. The van der Waals surface area contributed by atoms with E-state index in [2.05, 4.69) is 11.4 Å². The van der Waals surface area contributed by atoms with Crippen LogP contribution >= 0.6 is 11.6 Å². The second-order valence-corrected chi connectivity index (χ2v) is 10.1. The van der Waals surface area contributed by atoms with Gasteiger partial charge in [-0.2, -0.15) is 5.26 Å². The molecule has 9 heteroatoms. The van der Waals surface area contributed by atoms with Crippen LogP contribution in [-0.4, -0.2) is 34.4 Å². The van der Waals surface area contributed by atoms with E-state index in [4.69, 9.17) is 16.3 Å². The molecule has 0 aliphatic carbocycles. The van der Waals surface area contributed by atoms with Crippen molar-refractivity contribution in [3.05, 3.63) is 104 Å². The molecule has 0 aromatic heterocycles. The maximum absolute atomic E-state index is 13.6. The molecule has 8 nitrogen and oxygen atoms in total. The van der Waals surface area contributed by atoms with Crippen LogP contribution in [0.25, 0.3) is 0 Å². The molecule has 3 aromatic rings. The maximum atomic E-state index is 13.6. The molecule has 1 spiro atoms. The zero-order valence-electron chi connectivity index (χ0n) is 19.8. The number of rotatable bonds is 5. The van der Waals surface area contributed by atoms with Crippen LogP contribution in [0, 0.1) is 21.4 Å². The van der Waals surface area contributed by atoms with Crippen molar-refractivity contribution >= 4 is 23.2 Å². The number of ether oxygens (including phenoxy) is 1. The smallest absolute Gasteiger partial charge is 0.256 e. The van der Waals surface area contributed by atoms with Gasteiger partial charge in [0, 0.05) is 34.3 Å².